The third kappa shape index (κ3) is 1.89. The molecule has 2 aliphatic carbocycles. The van der Waals surface area contributed by atoms with Crippen LogP contribution in [0.4, 0.5) is 0 Å². The lowest BCUT2D eigenvalue weighted by Gasteiger charge is -2.29. The van der Waals surface area contributed by atoms with E-state index >= 15 is 0 Å². The van der Waals surface area contributed by atoms with Gasteiger partial charge in [0.2, 0.25) is 0 Å². The van der Waals surface area contributed by atoms with Gasteiger partial charge in [0, 0.05) is 5.41 Å². The minimum atomic E-state index is -1.19. The molecule has 2 aliphatic rings. The van der Waals surface area contributed by atoms with Crippen molar-refractivity contribution < 1.29 is 23.8 Å². The van der Waals surface area contributed by atoms with Gasteiger partial charge in [0.25, 0.3) is 0 Å². The number of hydrogen-bond donors (Lipinski definition) is 0. The summed E-state index contributed by atoms with van der Waals surface area (Å²) in [6, 6.07) is 0. The van der Waals surface area contributed by atoms with Crippen LogP contribution in [0, 0.1) is 22.2 Å². The van der Waals surface area contributed by atoms with Crippen molar-refractivity contribution in [1.29, 1.82) is 0 Å². The van der Waals surface area contributed by atoms with Crippen LogP contribution >= 0.6 is 0 Å². The van der Waals surface area contributed by atoms with Gasteiger partial charge in [-0.05, 0) is 37.2 Å². The van der Waals surface area contributed by atoms with E-state index in [-0.39, 0.29) is 16.7 Å². The molecule has 2 saturated carbocycles. The Morgan fingerprint density at radius 2 is 1.57 bits per heavy atom. The summed E-state index contributed by atoms with van der Waals surface area (Å²) in [5.74, 6) is 0.0461. The molecular formula is C16H24O5. The van der Waals surface area contributed by atoms with Gasteiger partial charge >= 0.3 is 11.9 Å². The van der Waals surface area contributed by atoms with Crippen molar-refractivity contribution in [3.8, 4) is 0 Å². The molecule has 0 unspecified atom stereocenters. The number of esters is 2. The minimum absolute atomic E-state index is 0.0400. The van der Waals surface area contributed by atoms with Gasteiger partial charge in [-0.15, -0.1) is 0 Å². The van der Waals surface area contributed by atoms with Crippen LogP contribution in [0.25, 0.3) is 0 Å². The molecule has 5 nitrogen and oxygen atoms in total. The summed E-state index contributed by atoms with van der Waals surface area (Å²) < 4.78 is 15.0. The van der Waals surface area contributed by atoms with Crippen LogP contribution in [0.15, 0.2) is 11.8 Å². The molecule has 0 aromatic carbocycles. The van der Waals surface area contributed by atoms with E-state index in [1.54, 1.807) is 7.11 Å². The molecule has 21 heavy (non-hydrogen) atoms. The molecule has 0 aromatic heterocycles. The molecule has 0 aliphatic heterocycles. The molecule has 0 spiro atoms. The summed E-state index contributed by atoms with van der Waals surface area (Å²) in [4.78, 5) is 24.5. The molecule has 0 amide bonds. The van der Waals surface area contributed by atoms with Crippen molar-refractivity contribution >= 4 is 11.9 Å². The van der Waals surface area contributed by atoms with E-state index in [4.69, 9.17) is 14.2 Å². The summed E-state index contributed by atoms with van der Waals surface area (Å²) in [7, 11) is 4.24. The number of fused-ring (bicyclic) bond motifs is 1. The van der Waals surface area contributed by atoms with E-state index in [2.05, 4.69) is 19.9 Å². The average molecular weight is 296 g/mol. The number of allylic oxidation sites excluding steroid dienone is 2. The number of hydrogen-bond acceptors (Lipinski definition) is 5. The Balaban J connectivity index is 2.42. The lowest BCUT2D eigenvalue weighted by atomic mass is 9.75. The Kier molecular flexibility index (Phi) is 3.59. The Morgan fingerprint density at radius 3 is 2.00 bits per heavy atom. The van der Waals surface area contributed by atoms with E-state index < -0.39 is 17.4 Å². The van der Waals surface area contributed by atoms with E-state index in [0.29, 0.717) is 12.8 Å². The van der Waals surface area contributed by atoms with E-state index in [1.165, 1.54) is 14.2 Å². The maximum absolute atomic E-state index is 12.2. The molecular weight excluding hydrogens is 272 g/mol. The molecule has 2 fully saturated rings. The van der Waals surface area contributed by atoms with E-state index in [0.717, 1.165) is 5.76 Å². The Morgan fingerprint density at radius 1 is 1.05 bits per heavy atom. The van der Waals surface area contributed by atoms with Crippen LogP contribution in [0.1, 0.15) is 33.6 Å². The highest BCUT2D eigenvalue weighted by Gasteiger charge is 2.80. The molecule has 0 bridgehead atoms. The van der Waals surface area contributed by atoms with Crippen molar-refractivity contribution in [3.63, 3.8) is 0 Å². The summed E-state index contributed by atoms with van der Waals surface area (Å²) in [5.41, 5.74) is -1.36. The summed E-state index contributed by atoms with van der Waals surface area (Å²) in [6.45, 7) is 6.21. The zero-order valence-electron chi connectivity index (χ0n) is 13.6. The quantitative estimate of drug-likeness (QED) is 0.452. The van der Waals surface area contributed by atoms with Gasteiger partial charge < -0.3 is 14.2 Å². The van der Waals surface area contributed by atoms with Crippen LogP contribution in [0.5, 0.6) is 0 Å². The molecule has 0 N–H and O–H groups in total. The Labute approximate surface area is 125 Å². The van der Waals surface area contributed by atoms with Crippen LogP contribution < -0.4 is 0 Å². The third-order valence-corrected chi connectivity index (χ3v) is 5.69. The minimum Gasteiger partial charge on any atom is -0.502 e. The number of carbonyl (C=O) groups is 2. The van der Waals surface area contributed by atoms with Crippen molar-refractivity contribution in [2.45, 2.75) is 33.6 Å². The standard InChI is InChI=1S/C16H24O5/c1-10(19-4)7-16-9-15(12(17)20-5,13(18)21-6)8-11(16)14(16,2)3/h7,11H,8-9H2,1-6H3/b10-7+/t11-,16-/m0/s1. The zero-order valence-corrected chi connectivity index (χ0v) is 13.6. The fourth-order valence-corrected chi connectivity index (χ4v) is 4.25. The van der Waals surface area contributed by atoms with Gasteiger partial charge in [0.15, 0.2) is 5.41 Å². The van der Waals surface area contributed by atoms with Crippen molar-refractivity contribution in [2.75, 3.05) is 21.3 Å². The molecule has 118 valence electrons. The van der Waals surface area contributed by atoms with Gasteiger partial charge in [-0.1, -0.05) is 13.8 Å². The highest BCUT2D eigenvalue weighted by Crippen LogP contribution is 2.81. The van der Waals surface area contributed by atoms with Gasteiger partial charge in [0.05, 0.1) is 27.1 Å². The zero-order chi connectivity index (χ0) is 16.1. The number of carbonyl (C=O) groups excluding carboxylic acids is 2. The number of ether oxygens (including phenoxy) is 3. The lowest BCUT2D eigenvalue weighted by Crippen LogP contribution is -2.42. The number of methoxy groups -OCH3 is 3. The molecule has 0 saturated heterocycles. The normalized spacial score (nSPS) is 32.1. The van der Waals surface area contributed by atoms with Gasteiger partial charge in [-0.2, -0.15) is 0 Å². The fourth-order valence-electron chi connectivity index (χ4n) is 4.25. The molecule has 0 aromatic rings. The first-order valence-electron chi connectivity index (χ1n) is 7.12. The second-order valence-electron chi connectivity index (χ2n) is 6.72. The maximum Gasteiger partial charge on any atom is 0.323 e. The Hall–Kier alpha value is -1.52. The largest absolute Gasteiger partial charge is 0.502 e. The average Bonchev–Trinajstić information content (AvgIpc) is 2.79. The van der Waals surface area contributed by atoms with E-state index in [9.17, 15) is 9.59 Å². The van der Waals surface area contributed by atoms with Gasteiger partial charge in [0.1, 0.15) is 0 Å². The van der Waals surface area contributed by atoms with Crippen LogP contribution in [0.3, 0.4) is 0 Å². The first-order valence-corrected chi connectivity index (χ1v) is 7.12. The highest BCUT2D eigenvalue weighted by molar-refractivity contribution is 6.01. The van der Waals surface area contributed by atoms with Gasteiger partial charge in [-0.3, -0.25) is 9.59 Å². The second kappa shape index (κ2) is 4.75. The van der Waals surface area contributed by atoms with Crippen LogP contribution in [-0.2, 0) is 23.8 Å². The maximum atomic E-state index is 12.2. The Bertz CT molecular complexity index is 489. The lowest BCUT2D eigenvalue weighted by molar-refractivity contribution is -0.170. The third-order valence-electron chi connectivity index (χ3n) is 5.69. The van der Waals surface area contributed by atoms with E-state index in [1.807, 2.05) is 6.92 Å². The molecule has 2 rings (SSSR count). The monoisotopic (exact) mass is 296 g/mol. The highest BCUT2D eigenvalue weighted by atomic mass is 16.5. The molecule has 0 radical (unpaired) electrons. The molecule has 0 heterocycles. The molecule has 2 atom stereocenters. The predicted octanol–water partition coefficient (Wildman–Crippen LogP) is 2.31. The molecule has 5 heteroatoms. The topological polar surface area (TPSA) is 61.8 Å². The first-order chi connectivity index (χ1) is 9.71. The number of rotatable bonds is 4. The summed E-state index contributed by atoms with van der Waals surface area (Å²) in [6.07, 6.45) is 2.94. The predicted molar refractivity (Wildman–Crippen MR) is 76.2 cm³/mol. The van der Waals surface area contributed by atoms with Crippen molar-refractivity contribution in [2.24, 2.45) is 22.2 Å². The summed E-state index contributed by atoms with van der Waals surface area (Å²) in [5, 5.41) is 0. The SMILES string of the molecule is COC(=O)C1(C(=O)OC)C[C@H]2C(C)(C)[C@@]2(/C=C(\C)OC)C1. The van der Waals surface area contributed by atoms with Gasteiger partial charge in [-0.25, -0.2) is 0 Å². The second-order valence-corrected chi connectivity index (χ2v) is 6.72. The van der Waals surface area contributed by atoms with Crippen molar-refractivity contribution in [3.05, 3.63) is 11.8 Å². The first kappa shape index (κ1) is 15.9. The van der Waals surface area contributed by atoms with Crippen LogP contribution in [-0.4, -0.2) is 33.3 Å². The summed E-state index contributed by atoms with van der Waals surface area (Å²) >= 11 is 0. The fraction of sp³-hybridized carbons (Fsp3) is 0.750. The smallest absolute Gasteiger partial charge is 0.323 e. The van der Waals surface area contributed by atoms with Crippen LogP contribution in [0.2, 0.25) is 0 Å². The van der Waals surface area contributed by atoms with Crippen molar-refractivity contribution in [1.82, 2.24) is 0 Å².